The quantitative estimate of drug-likeness (QED) is 0.0177. The Bertz CT molecular complexity index is 3890. The first-order chi connectivity index (χ1) is 51.8. The number of aromatic amines is 2. The number of aromatic nitrogens is 2. The molecule has 0 spiro atoms. The number of nitrogens with two attached hydrogens (primary N) is 1. The van der Waals surface area contributed by atoms with E-state index in [0.29, 0.717) is 60.9 Å². The van der Waals surface area contributed by atoms with Crippen LogP contribution < -0.4 is 74.9 Å². The maximum atomic E-state index is 15.1. The number of hydrogen-bond donors (Lipinski definition) is 22. The van der Waals surface area contributed by atoms with Crippen molar-refractivity contribution in [1.82, 2.24) is 79.1 Å². The van der Waals surface area contributed by atoms with Gasteiger partial charge in [-0.3, -0.25) is 72.4 Å². The first-order valence-electron chi connectivity index (χ1n) is 36.0. The SMILES string of the molecule is CC(=O)NC(O)(CC(=O)O)C(O)N[C@H]1CSSC[C@@H](C(=O)N[C@H](C(=O)O)[C@@H](C)O)NC(=O)[C@H](Cc2c[nH]c3ccccc23)NC(=O)[C@H](C(C)C)NC(=O)[C@H](CC(C)C)NC(=O)[C@H](CCC(=O)O)NC(=O)CNC(=O)[C@H](CC(C)C)NC(=O)[C@H](CCCCN)NC(=O)[C@H](Cc2c[nH]c3ccccc23)NC(=O)[C@H](C)NC1=O. The summed E-state index contributed by atoms with van der Waals surface area (Å²) in [6.45, 7) is 12.4. The number of unbranched alkanes of at least 4 members (excludes halogenated alkanes) is 1. The summed E-state index contributed by atoms with van der Waals surface area (Å²) in [4.78, 5) is 215. The minimum Gasteiger partial charge on any atom is -0.481 e. The van der Waals surface area contributed by atoms with Crippen LogP contribution in [0.4, 0.5) is 0 Å². The van der Waals surface area contributed by atoms with Crippen LogP contribution in [-0.4, -0.2) is 239 Å². The number of aliphatic carboxylic acids is 3. The lowest BCUT2D eigenvalue weighted by molar-refractivity contribution is -0.163. The van der Waals surface area contributed by atoms with E-state index >= 15 is 4.79 Å². The van der Waals surface area contributed by atoms with E-state index in [-0.39, 0.29) is 56.9 Å². The Hall–Kier alpha value is -9.93. The Morgan fingerprint density at radius 1 is 0.573 bits per heavy atom. The Morgan fingerprint density at radius 2 is 1.06 bits per heavy atom. The van der Waals surface area contributed by atoms with Crippen molar-refractivity contribution >= 4 is 132 Å². The van der Waals surface area contributed by atoms with Crippen molar-refractivity contribution in [3.05, 3.63) is 72.1 Å². The number of hydrogen-bond acceptors (Lipinski definition) is 22. The molecule has 2 aromatic carbocycles. The third kappa shape index (κ3) is 28.5. The summed E-state index contributed by atoms with van der Waals surface area (Å²) in [6.07, 6.45) is -3.92. The van der Waals surface area contributed by atoms with Gasteiger partial charge < -0.3 is 110 Å². The van der Waals surface area contributed by atoms with Crippen molar-refractivity contribution in [3.63, 3.8) is 0 Å². The van der Waals surface area contributed by atoms with E-state index in [9.17, 15) is 97.8 Å². The molecule has 0 saturated carbocycles. The average Bonchev–Trinajstić information content (AvgIpc) is 1.61. The van der Waals surface area contributed by atoms with Gasteiger partial charge in [0, 0.05) is 71.9 Å². The van der Waals surface area contributed by atoms with Crippen molar-refractivity contribution in [3.8, 4) is 0 Å². The molecule has 1 saturated heterocycles. The molecule has 23 N–H and O–H groups in total. The number of carboxylic acid groups (broad SMARTS) is 3. The van der Waals surface area contributed by atoms with Gasteiger partial charge >= 0.3 is 17.9 Å². The van der Waals surface area contributed by atoms with Gasteiger partial charge in [-0.1, -0.05) is 99.5 Å². The fourth-order valence-corrected chi connectivity index (χ4v) is 14.2. The maximum absolute atomic E-state index is 15.1. The predicted octanol–water partition coefficient (Wildman–Crippen LogP) is -2.40. The molecule has 0 radical (unpaired) electrons. The molecular formula is C71H104N16O21S2. The third-order valence-corrected chi connectivity index (χ3v) is 20.0. The van der Waals surface area contributed by atoms with E-state index in [2.05, 4.69) is 73.8 Å². The summed E-state index contributed by atoms with van der Waals surface area (Å²) in [5, 5.41) is 96.6. The molecule has 39 heteroatoms. The summed E-state index contributed by atoms with van der Waals surface area (Å²) >= 11 is 0. The summed E-state index contributed by atoms with van der Waals surface area (Å²) in [5.74, 6) is -19.7. The highest BCUT2D eigenvalue weighted by Crippen LogP contribution is 2.26. The molecule has 2 unspecified atom stereocenters. The fraction of sp³-hybridized carbons (Fsp3) is 0.563. The van der Waals surface area contributed by atoms with Gasteiger partial charge in [0.15, 0.2) is 18.0 Å². The number of aliphatic hydroxyl groups excluding tert-OH is 2. The van der Waals surface area contributed by atoms with Gasteiger partial charge in [0.2, 0.25) is 70.9 Å². The van der Waals surface area contributed by atoms with Gasteiger partial charge in [-0.05, 0) is 99.9 Å². The largest absolute Gasteiger partial charge is 0.481 e. The molecule has 1 aliphatic heterocycles. The Balaban J connectivity index is 1.67. The van der Waals surface area contributed by atoms with E-state index in [0.717, 1.165) is 13.8 Å². The van der Waals surface area contributed by atoms with Gasteiger partial charge in [-0.25, -0.2) is 4.79 Å². The highest BCUT2D eigenvalue weighted by Gasteiger charge is 2.43. The van der Waals surface area contributed by atoms with Crippen LogP contribution in [-0.2, 0) is 84.8 Å². The molecule has 606 valence electrons. The summed E-state index contributed by atoms with van der Waals surface area (Å²) < 4.78 is 0. The monoisotopic (exact) mass is 1580 g/mol. The van der Waals surface area contributed by atoms with E-state index in [1.54, 1.807) is 102 Å². The van der Waals surface area contributed by atoms with Crippen LogP contribution in [0.2, 0.25) is 0 Å². The van der Waals surface area contributed by atoms with Crippen LogP contribution >= 0.6 is 21.6 Å². The topological polar surface area (TPSA) is 591 Å². The molecule has 1 aliphatic rings. The van der Waals surface area contributed by atoms with Crippen LogP contribution in [0.1, 0.15) is 125 Å². The van der Waals surface area contributed by atoms with Crippen LogP contribution in [0.5, 0.6) is 0 Å². The standard InChI is InChI=1S/C71H104N16O21S2/c1-34(2)24-48-60(96)75-31-54(90)77-47(21-22-55(91)92)62(98)81-49(25-35(3)4)65(101)85-57(36(5)6)68(104)82-51(27-41-30-74-45-19-13-11-17-43(41)45)64(100)83-52(67(103)86-58(38(8)88)69(105)106)32-109-110-33-53(84-70(107)71(108,28-56(93)94)87-39(9)89)66(102)76-37(7)59(95)79-50(26-40-29-73-44-18-12-10-16-42(40)44)63(99)78-46(61(97)80-48)20-14-15-23-72/h10-13,16-19,29-30,34-38,46-53,57-58,70,73-74,84,88,107-108H,14-15,20-28,31-33,72H2,1-9H3,(H,75,96)(H,76,102)(H,77,90)(H,78,99)(H,79,95)(H,80,97)(H,81,98)(H,82,104)(H,83,100)(H,85,101)(H,86,103)(H,87,89)(H,91,92)(H,93,94)(H,105,106)/t37-,38+,46-,47-,48-,49-,50-,51-,52-,53-,57-,58-,70?,71?/m0/s1. The number of aliphatic hydroxyl groups is 3. The maximum Gasteiger partial charge on any atom is 0.328 e. The number of H-pyrrole nitrogens is 2. The van der Waals surface area contributed by atoms with Gasteiger partial charge in [0.1, 0.15) is 54.4 Å². The highest BCUT2D eigenvalue weighted by molar-refractivity contribution is 8.76. The highest BCUT2D eigenvalue weighted by atomic mass is 33.1. The molecule has 0 aliphatic carbocycles. The molecule has 37 nitrogen and oxygen atoms in total. The summed E-state index contributed by atoms with van der Waals surface area (Å²) in [6, 6.07) is -4.24. The number of benzene rings is 2. The zero-order chi connectivity index (χ0) is 81.9. The minimum absolute atomic E-state index is 0.0403. The van der Waals surface area contributed by atoms with Crippen LogP contribution in [0.3, 0.4) is 0 Å². The van der Waals surface area contributed by atoms with Gasteiger partial charge in [-0.2, -0.15) is 0 Å². The zero-order valence-corrected chi connectivity index (χ0v) is 64.2. The van der Waals surface area contributed by atoms with E-state index < -0.39 is 217 Å². The lowest BCUT2D eigenvalue weighted by Crippen LogP contribution is -2.66. The van der Waals surface area contributed by atoms with E-state index in [1.165, 1.54) is 6.92 Å². The number of carbonyl (C=O) groups excluding carboxylic acids is 12. The van der Waals surface area contributed by atoms with E-state index in [1.807, 2.05) is 5.32 Å². The number of amides is 12. The van der Waals surface area contributed by atoms with E-state index in [4.69, 9.17) is 5.73 Å². The fourth-order valence-electron chi connectivity index (χ4n) is 11.8. The average molecular weight is 1580 g/mol. The molecule has 2 aromatic heterocycles. The summed E-state index contributed by atoms with van der Waals surface area (Å²) in [7, 11) is 1.42. The van der Waals surface area contributed by atoms with Crippen molar-refractivity contribution < 1.29 is 103 Å². The van der Waals surface area contributed by atoms with Crippen molar-refractivity contribution in [1.29, 1.82) is 0 Å². The second-order valence-corrected chi connectivity index (χ2v) is 30.8. The Labute approximate surface area is 642 Å². The molecular weight excluding hydrogens is 1480 g/mol. The molecule has 14 atom stereocenters. The number of carboxylic acids is 3. The molecule has 1 fully saturated rings. The smallest absolute Gasteiger partial charge is 0.328 e. The third-order valence-electron chi connectivity index (χ3n) is 17.6. The first-order valence-corrected chi connectivity index (χ1v) is 38.4. The summed E-state index contributed by atoms with van der Waals surface area (Å²) in [5.41, 5.74) is 4.98. The predicted molar refractivity (Wildman–Crippen MR) is 404 cm³/mol. The van der Waals surface area contributed by atoms with Crippen LogP contribution in [0.15, 0.2) is 60.9 Å². The normalized spacial score (nSPS) is 23.5. The van der Waals surface area contributed by atoms with Gasteiger partial charge in [0.05, 0.1) is 25.1 Å². The lowest BCUT2D eigenvalue weighted by atomic mass is 9.98. The zero-order valence-electron chi connectivity index (χ0n) is 62.6. The van der Waals surface area contributed by atoms with Gasteiger partial charge in [-0.15, -0.1) is 0 Å². The number of para-hydroxylation sites is 2. The second kappa shape index (κ2) is 43.5. The Morgan fingerprint density at radius 3 is 1.57 bits per heavy atom. The van der Waals surface area contributed by atoms with Crippen molar-refractivity contribution in [2.24, 2.45) is 23.5 Å². The number of fused-ring (bicyclic) bond motifs is 2. The molecule has 3 heterocycles. The molecule has 0 bridgehead atoms. The van der Waals surface area contributed by atoms with Crippen molar-refractivity contribution in [2.75, 3.05) is 24.6 Å². The molecule has 12 amide bonds. The minimum atomic E-state index is -3.04. The molecule has 5 rings (SSSR count). The number of rotatable bonds is 26. The lowest BCUT2D eigenvalue weighted by Gasteiger charge is -2.34. The Kier molecular flexibility index (Phi) is 35.8. The second-order valence-electron chi connectivity index (χ2n) is 28.2. The van der Waals surface area contributed by atoms with Crippen LogP contribution in [0, 0.1) is 17.8 Å². The first kappa shape index (κ1) is 90.7. The molecule has 110 heavy (non-hydrogen) atoms. The number of nitrogens with one attached hydrogen (secondary N) is 15. The van der Waals surface area contributed by atoms with Crippen molar-refractivity contribution in [2.45, 2.75) is 211 Å². The number of carbonyl (C=O) groups is 15. The van der Waals surface area contributed by atoms with Gasteiger partial charge in [0.25, 0.3) is 0 Å². The van der Waals surface area contributed by atoms with Crippen LogP contribution in [0.25, 0.3) is 21.8 Å². The molecule has 4 aromatic rings.